The fourth-order valence-electron chi connectivity index (χ4n) is 4.57. The maximum atomic E-state index is 13.3. The van der Waals surface area contributed by atoms with E-state index in [1.54, 1.807) is 12.1 Å². The quantitative estimate of drug-likeness (QED) is 0.397. The summed E-state index contributed by atoms with van der Waals surface area (Å²) < 4.78 is 15.1. The third kappa shape index (κ3) is 6.71. The monoisotopic (exact) mass is 555 g/mol. The SMILES string of the molecule is Cc1c(Cl)cccc1N1CCN(CCCNC(=O)c2nc(C)n(-c3ccc(F)cc3)c2C)CC1.Cl.Cl. The Morgan fingerprint density at radius 3 is 2.36 bits per heavy atom. The Morgan fingerprint density at radius 2 is 1.69 bits per heavy atom. The van der Waals surface area contributed by atoms with E-state index in [4.69, 9.17) is 11.6 Å². The van der Waals surface area contributed by atoms with E-state index in [9.17, 15) is 9.18 Å². The van der Waals surface area contributed by atoms with Gasteiger partial charge in [0.2, 0.25) is 0 Å². The number of amides is 1. The van der Waals surface area contributed by atoms with E-state index in [1.807, 2.05) is 30.5 Å². The molecular weight excluding hydrogens is 524 g/mol. The largest absolute Gasteiger partial charge is 0.369 e. The molecule has 1 aromatic heterocycles. The van der Waals surface area contributed by atoms with Gasteiger partial charge < -0.3 is 14.8 Å². The van der Waals surface area contributed by atoms with Gasteiger partial charge in [0.25, 0.3) is 5.91 Å². The molecule has 196 valence electrons. The van der Waals surface area contributed by atoms with Gasteiger partial charge in [-0.1, -0.05) is 17.7 Å². The summed E-state index contributed by atoms with van der Waals surface area (Å²) in [5, 5.41) is 3.81. The Labute approximate surface area is 229 Å². The number of aromatic nitrogens is 2. The van der Waals surface area contributed by atoms with Crippen LogP contribution in [0.4, 0.5) is 10.1 Å². The molecule has 1 amide bonds. The number of nitrogens with one attached hydrogen (secondary N) is 1. The first-order valence-corrected chi connectivity index (χ1v) is 12.1. The summed E-state index contributed by atoms with van der Waals surface area (Å²) in [5.74, 6) is 0.225. The van der Waals surface area contributed by atoms with Crippen LogP contribution >= 0.6 is 36.4 Å². The number of halogens is 4. The lowest BCUT2D eigenvalue weighted by molar-refractivity contribution is 0.0946. The predicted molar refractivity (Wildman–Crippen MR) is 149 cm³/mol. The van der Waals surface area contributed by atoms with Crippen LogP contribution in [0.5, 0.6) is 0 Å². The molecule has 2 aromatic carbocycles. The molecule has 0 bridgehead atoms. The second-order valence-electron chi connectivity index (χ2n) is 8.73. The van der Waals surface area contributed by atoms with E-state index in [0.717, 1.165) is 61.1 Å². The highest BCUT2D eigenvalue weighted by Crippen LogP contribution is 2.27. The van der Waals surface area contributed by atoms with Gasteiger partial charge in [0.15, 0.2) is 0 Å². The number of aryl methyl sites for hydroxylation is 1. The van der Waals surface area contributed by atoms with Crippen molar-refractivity contribution in [2.75, 3.05) is 44.2 Å². The van der Waals surface area contributed by atoms with Gasteiger partial charge in [-0.3, -0.25) is 9.69 Å². The van der Waals surface area contributed by atoms with Crippen molar-refractivity contribution in [2.45, 2.75) is 27.2 Å². The normalized spacial score (nSPS) is 13.6. The van der Waals surface area contributed by atoms with Gasteiger partial charge in [-0.2, -0.15) is 0 Å². The average Bonchev–Trinajstić information content (AvgIpc) is 3.13. The third-order valence-electron chi connectivity index (χ3n) is 6.46. The van der Waals surface area contributed by atoms with Crippen LogP contribution in [0.25, 0.3) is 5.69 Å². The Kier molecular flexibility index (Phi) is 11.0. The minimum absolute atomic E-state index is 0. The lowest BCUT2D eigenvalue weighted by Gasteiger charge is -2.37. The van der Waals surface area contributed by atoms with Gasteiger partial charge in [-0.15, -0.1) is 24.8 Å². The second-order valence-corrected chi connectivity index (χ2v) is 9.13. The number of nitrogens with zero attached hydrogens (tertiary/aromatic N) is 4. The first-order chi connectivity index (χ1) is 16.3. The molecule has 3 aromatic rings. The van der Waals surface area contributed by atoms with Crippen LogP contribution in [0.1, 0.15) is 34.0 Å². The molecule has 0 atom stereocenters. The molecule has 10 heteroatoms. The van der Waals surface area contributed by atoms with Gasteiger partial charge in [-0.05, 0) is 75.7 Å². The molecule has 1 aliphatic heterocycles. The summed E-state index contributed by atoms with van der Waals surface area (Å²) in [6.45, 7) is 11.2. The first kappa shape index (κ1) is 29.9. The zero-order valence-electron chi connectivity index (χ0n) is 20.8. The molecule has 6 nitrogen and oxygen atoms in total. The average molecular weight is 557 g/mol. The van der Waals surface area contributed by atoms with E-state index in [2.05, 4.69) is 33.1 Å². The number of piperazine rings is 1. The van der Waals surface area contributed by atoms with Crippen molar-refractivity contribution in [1.29, 1.82) is 0 Å². The van der Waals surface area contributed by atoms with Crippen LogP contribution in [0.3, 0.4) is 0 Å². The number of rotatable bonds is 7. The third-order valence-corrected chi connectivity index (χ3v) is 6.87. The predicted octanol–water partition coefficient (Wildman–Crippen LogP) is 5.38. The Hall–Kier alpha value is -2.32. The van der Waals surface area contributed by atoms with E-state index in [1.165, 1.54) is 17.8 Å². The molecule has 0 spiro atoms. The second kappa shape index (κ2) is 13.3. The molecule has 1 fully saturated rings. The van der Waals surface area contributed by atoms with Crippen molar-refractivity contribution in [2.24, 2.45) is 0 Å². The molecule has 1 aliphatic rings. The summed E-state index contributed by atoms with van der Waals surface area (Å²) in [6.07, 6.45) is 0.874. The van der Waals surface area contributed by atoms with Crippen molar-refractivity contribution in [3.05, 3.63) is 76.1 Å². The number of hydrogen-bond donors (Lipinski definition) is 1. The summed E-state index contributed by atoms with van der Waals surface area (Å²) in [5.41, 5.74) is 4.29. The molecule has 2 heterocycles. The van der Waals surface area contributed by atoms with Crippen molar-refractivity contribution in [3.8, 4) is 5.69 Å². The number of imidazole rings is 1. The fourth-order valence-corrected chi connectivity index (χ4v) is 4.74. The number of anilines is 1. The smallest absolute Gasteiger partial charge is 0.271 e. The number of hydrogen-bond acceptors (Lipinski definition) is 4. The van der Waals surface area contributed by atoms with Gasteiger partial charge >= 0.3 is 0 Å². The van der Waals surface area contributed by atoms with Gasteiger partial charge in [0.1, 0.15) is 17.3 Å². The maximum absolute atomic E-state index is 13.3. The number of benzene rings is 2. The van der Waals surface area contributed by atoms with Gasteiger partial charge in [-0.25, -0.2) is 9.37 Å². The lowest BCUT2D eigenvalue weighted by atomic mass is 10.1. The van der Waals surface area contributed by atoms with Crippen molar-refractivity contribution < 1.29 is 9.18 Å². The van der Waals surface area contributed by atoms with E-state index >= 15 is 0 Å². The van der Waals surface area contributed by atoms with Crippen LogP contribution in [-0.2, 0) is 0 Å². The molecule has 1 N–H and O–H groups in total. The Morgan fingerprint density at radius 1 is 1.03 bits per heavy atom. The van der Waals surface area contributed by atoms with E-state index in [0.29, 0.717) is 18.1 Å². The molecule has 0 radical (unpaired) electrons. The van der Waals surface area contributed by atoms with Crippen molar-refractivity contribution >= 4 is 48.0 Å². The minimum atomic E-state index is -0.293. The topological polar surface area (TPSA) is 53.4 Å². The Bertz CT molecular complexity index is 1160. The summed E-state index contributed by atoms with van der Waals surface area (Å²) in [7, 11) is 0. The van der Waals surface area contributed by atoms with Crippen LogP contribution in [0.2, 0.25) is 5.02 Å². The van der Waals surface area contributed by atoms with Gasteiger partial charge in [0.05, 0.1) is 5.69 Å². The molecule has 0 unspecified atom stereocenters. The molecule has 0 saturated carbocycles. The summed E-state index contributed by atoms with van der Waals surface area (Å²) in [6, 6.07) is 12.3. The molecule has 36 heavy (non-hydrogen) atoms. The highest BCUT2D eigenvalue weighted by atomic mass is 35.5. The van der Waals surface area contributed by atoms with Crippen LogP contribution in [-0.4, -0.2) is 59.6 Å². The first-order valence-electron chi connectivity index (χ1n) is 11.7. The number of carbonyl (C=O) groups excluding carboxylic acids is 1. The minimum Gasteiger partial charge on any atom is -0.369 e. The molecular formula is C26H33Cl3FN5O. The highest BCUT2D eigenvalue weighted by molar-refractivity contribution is 6.31. The summed E-state index contributed by atoms with van der Waals surface area (Å²) in [4.78, 5) is 22.0. The molecule has 4 rings (SSSR count). The Balaban J connectivity index is 0.00000228. The fraction of sp³-hybridized carbons (Fsp3) is 0.385. The standard InChI is InChI=1S/C26H31ClFN5O.2ClH/c1-18-23(27)6-4-7-24(18)32-16-14-31(15-17-32)13-5-12-29-26(34)25-19(2)33(20(3)30-25)22-10-8-21(28)9-11-22;;/h4,6-11H,5,12-17H2,1-3H3,(H,29,34);2*1H. The summed E-state index contributed by atoms with van der Waals surface area (Å²) >= 11 is 6.28. The lowest BCUT2D eigenvalue weighted by Crippen LogP contribution is -2.47. The van der Waals surface area contributed by atoms with Crippen molar-refractivity contribution in [3.63, 3.8) is 0 Å². The van der Waals surface area contributed by atoms with Crippen LogP contribution in [0, 0.1) is 26.6 Å². The highest BCUT2D eigenvalue weighted by Gasteiger charge is 2.20. The molecule has 1 saturated heterocycles. The number of carbonyl (C=O) groups is 1. The van der Waals surface area contributed by atoms with Crippen LogP contribution in [0.15, 0.2) is 42.5 Å². The van der Waals surface area contributed by atoms with E-state index < -0.39 is 0 Å². The van der Waals surface area contributed by atoms with Gasteiger partial charge in [0, 0.05) is 49.1 Å². The molecule has 0 aliphatic carbocycles. The zero-order chi connectivity index (χ0) is 24.2. The van der Waals surface area contributed by atoms with Crippen molar-refractivity contribution in [1.82, 2.24) is 19.8 Å². The maximum Gasteiger partial charge on any atom is 0.271 e. The van der Waals surface area contributed by atoms with Crippen LogP contribution < -0.4 is 10.2 Å². The van der Waals surface area contributed by atoms with E-state index in [-0.39, 0.29) is 36.5 Å². The zero-order valence-corrected chi connectivity index (χ0v) is 23.1.